The van der Waals surface area contributed by atoms with E-state index in [1.54, 1.807) is 11.3 Å². The van der Waals surface area contributed by atoms with Crippen molar-refractivity contribution in [3.05, 3.63) is 20.8 Å². The van der Waals surface area contributed by atoms with Crippen LogP contribution in [0.15, 0.2) is 15.9 Å². The summed E-state index contributed by atoms with van der Waals surface area (Å²) >= 11 is 5.01. The SMILES string of the molecule is O=C(NCCc1ccc(Br)s1)NC[C@@H]1CCN(CC(F)(F)F)C1. The molecule has 0 aromatic carbocycles. The highest BCUT2D eigenvalue weighted by molar-refractivity contribution is 9.11. The minimum absolute atomic E-state index is 0.0800. The number of halogens is 4. The molecule has 0 bridgehead atoms. The number of thiophene rings is 1. The van der Waals surface area contributed by atoms with Gasteiger partial charge in [-0.3, -0.25) is 4.90 Å². The Bertz CT molecular complexity index is 524. The average Bonchev–Trinajstić information content (AvgIpc) is 3.04. The van der Waals surface area contributed by atoms with Gasteiger partial charge >= 0.3 is 12.2 Å². The van der Waals surface area contributed by atoms with Crippen LogP contribution in [0.3, 0.4) is 0 Å². The highest BCUT2D eigenvalue weighted by Gasteiger charge is 2.34. The van der Waals surface area contributed by atoms with Crippen LogP contribution in [0, 0.1) is 5.92 Å². The zero-order chi connectivity index (χ0) is 16.9. The fourth-order valence-electron chi connectivity index (χ4n) is 2.56. The van der Waals surface area contributed by atoms with Crippen molar-refractivity contribution in [2.45, 2.75) is 19.0 Å². The monoisotopic (exact) mass is 413 g/mol. The van der Waals surface area contributed by atoms with Crippen LogP contribution in [0.1, 0.15) is 11.3 Å². The number of likely N-dealkylation sites (tertiary alicyclic amines) is 1. The van der Waals surface area contributed by atoms with Gasteiger partial charge in [-0.2, -0.15) is 13.2 Å². The lowest BCUT2D eigenvalue weighted by Crippen LogP contribution is -2.40. The molecule has 0 radical (unpaired) electrons. The van der Waals surface area contributed by atoms with Crippen molar-refractivity contribution in [1.82, 2.24) is 15.5 Å². The summed E-state index contributed by atoms with van der Waals surface area (Å²) in [6.07, 6.45) is -2.72. The molecule has 0 saturated carbocycles. The Morgan fingerprint density at radius 3 is 2.83 bits per heavy atom. The van der Waals surface area contributed by atoms with Gasteiger partial charge in [-0.15, -0.1) is 11.3 Å². The molecule has 1 aliphatic heterocycles. The number of urea groups is 1. The predicted octanol–water partition coefficient (Wildman–Crippen LogP) is 3.24. The van der Waals surface area contributed by atoms with Gasteiger partial charge in [-0.05, 0) is 53.4 Å². The van der Waals surface area contributed by atoms with Crippen LogP contribution in [0.5, 0.6) is 0 Å². The van der Waals surface area contributed by atoms with Gasteiger partial charge in [0.1, 0.15) is 0 Å². The van der Waals surface area contributed by atoms with Crippen molar-refractivity contribution in [1.29, 1.82) is 0 Å². The van der Waals surface area contributed by atoms with Gasteiger partial charge in [-0.1, -0.05) is 0 Å². The molecule has 1 aromatic rings. The number of amides is 2. The number of rotatable bonds is 6. The Kier molecular flexibility index (Phi) is 6.72. The molecule has 0 spiro atoms. The van der Waals surface area contributed by atoms with Crippen molar-refractivity contribution < 1.29 is 18.0 Å². The summed E-state index contributed by atoms with van der Waals surface area (Å²) in [5.74, 6) is 0.0800. The van der Waals surface area contributed by atoms with Crippen LogP contribution in [0.4, 0.5) is 18.0 Å². The van der Waals surface area contributed by atoms with Gasteiger partial charge in [0.25, 0.3) is 0 Å². The molecule has 2 N–H and O–H groups in total. The van der Waals surface area contributed by atoms with Crippen molar-refractivity contribution >= 4 is 33.3 Å². The fourth-order valence-corrected chi connectivity index (χ4v) is 4.04. The number of carbonyl (C=O) groups is 1. The normalized spacial score (nSPS) is 19.0. The molecule has 1 atom stereocenters. The number of hydrogen-bond donors (Lipinski definition) is 2. The first-order valence-corrected chi connectivity index (χ1v) is 8.98. The van der Waals surface area contributed by atoms with E-state index < -0.39 is 12.7 Å². The smallest absolute Gasteiger partial charge is 0.338 e. The number of alkyl halides is 3. The average molecular weight is 414 g/mol. The second-order valence-electron chi connectivity index (χ2n) is 5.60. The van der Waals surface area contributed by atoms with Gasteiger partial charge in [-0.25, -0.2) is 4.79 Å². The molecule has 0 unspecified atom stereocenters. The summed E-state index contributed by atoms with van der Waals surface area (Å²) in [4.78, 5) is 14.2. The molecule has 1 saturated heterocycles. The first-order chi connectivity index (χ1) is 10.8. The van der Waals surface area contributed by atoms with E-state index in [1.807, 2.05) is 12.1 Å². The second-order valence-corrected chi connectivity index (χ2v) is 8.15. The molecule has 1 fully saturated rings. The zero-order valence-corrected chi connectivity index (χ0v) is 14.9. The fraction of sp³-hybridized carbons (Fsp3) is 0.643. The molecule has 1 aliphatic rings. The maximum Gasteiger partial charge on any atom is 0.401 e. The Morgan fingerprint density at radius 1 is 1.39 bits per heavy atom. The molecule has 2 rings (SSSR count). The molecule has 2 amide bonds. The third kappa shape index (κ3) is 7.09. The van der Waals surface area contributed by atoms with E-state index in [-0.39, 0.29) is 11.9 Å². The van der Waals surface area contributed by atoms with Crippen molar-refractivity contribution in [3.63, 3.8) is 0 Å². The van der Waals surface area contributed by atoms with Gasteiger partial charge in [0.2, 0.25) is 0 Å². The number of nitrogens with zero attached hydrogens (tertiary/aromatic N) is 1. The lowest BCUT2D eigenvalue weighted by molar-refractivity contribution is -0.143. The molecule has 1 aromatic heterocycles. The molecule has 0 aliphatic carbocycles. The number of hydrogen-bond acceptors (Lipinski definition) is 3. The summed E-state index contributed by atoms with van der Waals surface area (Å²) in [6.45, 7) is 0.879. The minimum Gasteiger partial charge on any atom is -0.338 e. The largest absolute Gasteiger partial charge is 0.401 e. The Morgan fingerprint density at radius 2 is 2.17 bits per heavy atom. The number of carbonyl (C=O) groups excluding carboxylic acids is 1. The Labute approximate surface area is 145 Å². The van der Waals surface area contributed by atoms with E-state index in [9.17, 15) is 18.0 Å². The van der Waals surface area contributed by atoms with Crippen LogP contribution in [-0.2, 0) is 6.42 Å². The lowest BCUT2D eigenvalue weighted by atomic mass is 10.1. The van der Waals surface area contributed by atoms with Crippen molar-refractivity contribution in [2.75, 3.05) is 32.7 Å². The summed E-state index contributed by atoms with van der Waals surface area (Å²) in [5, 5.41) is 5.50. The molecular formula is C14H19BrF3N3OS. The van der Waals surface area contributed by atoms with Crippen LogP contribution in [-0.4, -0.2) is 49.8 Å². The number of nitrogens with one attached hydrogen (secondary N) is 2. The summed E-state index contributed by atoms with van der Waals surface area (Å²) in [7, 11) is 0. The highest BCUT2D eigenvalue weighted by atomic mass is 79.9. The third-order valence-corrected chi connectivity index (χ3v) is 5.29. The first-order valence-electron chi connectivity index (χ1n) is 7.37. The second kappa shape index (κ2) is 8.34. The Hall–Kier alpha value is -0.800. The molecule has 23 heavy (non-hydrogen) atoms. The summed E-state index contributed by atoms with van der Waals surface area (Å²) in [6, 6.07) is 3.70. The van der Waals surface area contributed by atoms with Gasteiger partial charge in [0.05, 0.1) is 10.3 Å². The standard InChI is InChI=1S/C14H19BrF3N3OS/c15-12-2-1-11(23-12)3-5-19-13(22)20-7-10-4-6-21(8-10)9-14(16,17)18/h1-2,10H,3-9H2,(H2,19,20,22)/t10-/m0/s1. The molecule has 9 heteroatoms. The topological polar surface area (TPSA) is 44.4 Å². The molecule has 130 valence electrons. The van der Waals surface area contributed by atoms with E-state index in [1.165, 1.54) is 9.78 Å². The zero-order valence-electron chi connectivity index (χ0n) is 12.5. The maximum absolute atomic E-state index is 12.3. The lowest BCUT2D eigenvalue weighted by Gasteiger charge is -2.18. The van der Waals surface area contributed by atoms with Crippen LogP contribution >= 0.6 is 27.3 Å². The van der Waals surface area contributed by atoms with Gasteiger partial charge < -0.3 is 10.6 Å². The first kappa shape index (κ1) is 18.5. The van der Waals surface area contributed by atoms with Crippen molar-refractivity contribution in [3.8, 4) is 0 Å². The molecular weight excluding hydrogens is 395 g/mol. The quantitative estimate of drug-likeness (QED) is 0.751. The highest BCUT2D eigenvalue weighted by Crippen LogP contribution is 2.23. The summed E-state index contributed by atoms with van der Waals surface area (Å²) < 4.78 is 38.0. The Balaban J connectivity index is 1.58. The van der Waals surface area contributed by atoms with Gasteiger partial charge in [0, 0.05) is 24.5 Å². The van der Waals surface area contributed by atoms with Crippen LogP contribution < -0.4 is 10.6 Å². The van der Waals surface area contributed by atoms with E-state index in [2.05, 4.69) is 26.6 Å². The predicted molar refractivity (Wildman–Crippen MR) is 87.7 cm³/mol. The van der Waals surface area contributed by atoms with E-state index in [0.29, 0.717) is 32.6 Å². The molecule has 2 heterocycles. The van der Waals surface area contributed by atoms with Gasteiger partial charge in [0.15, 0.2) is 0 Å². The third-order valence-electron chi connectivity index (χ3n) is 3.61. The summed E-state index contributed by atoms with van der Waals surface area (Å²) in [5.41, 5.74) is 0. The maximum atomic E-state index is 12.3. The van der Waals surface area contributed by atoms with E-state index >= 15 is 0 Å². The van der Waals surface area contributed by atoms with Crippen LogP contribution in [0.2, 0.25) is 0 Å². The van der Waals surface area contributed by atoms with Crippen molar-refractivity contribution in [2.24, 2.45) is 5.92 Å². The van der Waals surface area contributed by atoms with E-state index in [4.69, 9.17) is 0 Å². The van der Waals surface area contributed by atoms with E-state index in [0.717, 1.165) is 10.2 Å². The van der Waals surface area contributed by atoms with Crippen LogP contribution in [0.25, 0.3) is 0 Å². The molecule has 4 nitrogen and oxygen atoms in total. The minimum atomic E-state index is -4.16.